The maximum Gasteiger partial charge on any atom is 0.225 e. The molecule has 0 unspecified atom stereocenters. The van der Waals surface area contributed by atoms with Crippen molar-refractivity contribution >= 4 is 41.8 Å². The standard InChI is InChI=1S/C15H23N7O.HI/c23-13(3-8-18-14-16-4-1-5-17-14)21-9-11-22(12-10-21)15-19-6-2-7-20-15;/h2,6-7H,1,3-5,8-12H2,(H2,16,17,18);1H. The van der Waals surface area contributed by atoms with E-state index in [2.05, 4.69) is 30.5 Å². The molecule has 3 rings (SSSR count). The topological polar surface area (TPSA) is 85.8 Å². The number of carbonyl (C=O) groups excluding carboxylic acids is 1. The summed E-state index contributed by atoms with van der Waals surface area (Å²) in [6.07, 6.45) is 5.04. The molecule has 132 valence electrons. The van der Waals surface area contributed by atoms with Gasteiger partial charge in [0.25, 0.3) is 0 Å². The van der Waals surface area contributed by atoms with Crippen LogP contribution in [0.4, 0.5) is 5.95 Å². The van der Waals surface area contributed by atoms with Crippen LogP contribution in [0, 0.1) is 0 Å². The van der Waals surface area contributed by atoms with Crippen molar-refractivity contribution in [3.63, 3.8) is 0 Å². The minimum atomic E-state index is 0. The number of rotatable bonds is 4. The lowest BCUT2D eigenvalue weighted by Crippen LogP contribution is -2.50. The van der Waals surface area contributed by atoms with Gasteiger partial charge in [-0.15, -0.1) is 24.0 Å². The summed E-state index contributed by atoms with van der Waals surface area (Å²) < 4.78 is 0. The van der Waals surface area contributed by atoms with E-state index in [1.54, 1.807) is 12.4 Å². The summed E-state index contributed by atoms with van der Waals surface area (Å²) in [6, 6.07) is 1.81. The van der Waals surface area contributed by atoms with Crippen LogP contribution in [0.15, 0.2) is 23.5 Å². The van der Waals surface area contributed by atoms with Crippen LogP contribution >= 0.6 is 24.0 Å². The van der Waals surface area contributed by atoms with Crippen LogP contribution in [0.3, 0.4) is 0 Å². The first-order valence-corrected chi connectivity index (χ1v) is 8.15. The Morgan fingerprint density at radius 1 is 1.21 bits per heavy atom. The fourth-order valence-corrected chi connectivity index (χ4v) is 2.71. The molecule has 1 fully saturated rings. The van der Waals surface area contributed by atoms with Crippen LogP contribution in [0.1, 0.15) is 12.8 Å². The molecule has 0 spiro atoms. The van der Waals surface area contributed by atoms with Gasteiger partial charge in [-0.25, -0.2) is 9.97 Å². The van der Waals surface area contributed by atoms with Crippen molar-refractivity contribution in [2.24, 2.45) is 4.99 Å². The monoisotopic (exact) mass is 445 g/mol. The van der Waals surface area contributed by atoms with Gasteiger partial charge in [-0.3, -0.25) is 9.79 Å². The van der Waals surface area contributed by atoms with Crippen molar-refractivity contribution in [1.29, 1.82) is 0 Å². The third-order valence-electron chi connectivity index (χ3n) is 4.00. The highest BCUT2D eigenvalue weighted by atomic mass is 127. The molecule has 2 aliphatic heterocycles. The van der Waals surface area contributed by atoms with E-state index < -0.39 is 0 Å². The van der Waals surface area contributed by atoms with Crippen molar-refractivity contribution in [2.75, 3.05) is 50.7 Å². The molecule has 9 heteroatoms. The summed E-state index contributed by atoms with van der Waals surface area (Å²) in [7, 11) is 0. The number of hydrogen-bond acceptors (Lipinski definition) is 7. The lowest BCUT2D eigenvalue weighted by atomic mass is 10.3. The van der Waals surface area contributed by atoms with Gasteiger partial charge in [-0.1, -0.05) is 0 Å². The van der Waals surface area contributed by atoms with Crippen molar-refractivity contribution in [1.82, 2.24) is 25.5 Å². The van der Waals surface area contributed by atoms with Gasteiger partial charge >= 0.3 is 0 Å². The number of guanidine groups is 1. The second-order valence-electron chi connectivity index (χ2n) is 5.60. The number of nitrogens with one attached hydrogen (secondary N) is 2. The van der Waals surface area contributed by atoms with Crippen molar-refractivity contribution in [2.45, 2.75) is 12.8 Å². The Morgan fingerprint density at radius 3 is 2.62 bits per heavy atom. The molecule has 0 bridgehead atoms. The van der Waals surface area contributed by atoms with E-state index in [-0.39, 0.29) is 29.9 Å². The molecule has 0 aromatic carbocycles. The van der Waals surface area contributed by atoms with Crippen LogP contribution in [0.5, 0.6) is 0 Å². The van der Waals surface area contributed by atoms with Crippen molar-refractivity contribution in [3.8, 4) is 0 Å². The first-order valence-electron chi connectivity index (χ1n) is 8.15. The maximum absolute atomic E-state index is 12.3. The quantitative estimate of drug-likeness (QED) is 0.639. The van der Waals surface area contributed by atoms with Gasteiger partial charge in [0.2, 0.25) is 11.9 Å². The summed E-state index contributed by atoms with van der Waals surface area (Å²) in [4.78, 5) is 29.1. The predicted octanol–water partition coefficient (Wildman–Crippen LogP) is 0.0722. The Labute approximate surface area is 159 Å². The van der Waals surface area contributed by atoms with Crippen LogP contribution in [0.2, 0.25) is 0 Å². The van der Waals surface area contributed by atoms with E-state index in [4.69, 9.17) is 0 Å². The van der Waals surface area contributed by atoms with E-state index in [1.807, 2.05) is 11.0 Å². The van der Waals surface area contributed by atoms with Crippen LogP contribution < -0.4 is 15.5 Å². The molecule has 3 heterocycles. The molecule has 0 atom stereocenters. The Hall–Kier alpha value is -1.65. The zero-order chi connectivity index (χ0) is 15.9. The van der Waals surface area contributed by atoms with Gasteiger partial charge in [0.15, 0.2) is 5.96 Å². The average Bonchev–Trinajstić information content (AvgIpc) is 2.63. The molecule has 0 aliphatic carbocycles. The van der Waals surface area contributed by atoms with Crippen LogP contribution in [-0.2, 0) is 4.79 Å². The first-order chi connectivity index (χ1) is 11.3. The molecule has 2 N–H and O–H groups in total. The molecule has 24 heavy (non-hydrogen) atoms. The number of aliphatic imine (C=N–C) groups is 1. The van der Waals surface area contributed by atoms with E-state index >= 15 is 0 Å². The summed E-state index contributed by atoms with van der Waals surface area (Å²) in [5.74, 6) is 1.74. The van der Waals surface area contributed by atoms with Gasteiger partial charge in [-0.2, -0.15) is 0 Å². The maximum atomic E-state index is 12.3. The molecular formula is C15H24IN7O. The van der Waals surface area contributed by atoms with E-state index in [1.165, 1.54) is 0 Å². The highest BCUT2D eigenvalue weighted by molar-refractivity contribution is 14.0. The average molecular weight is 445 g/mol. The molecule has 1 saturated heterocycles. The number of amides is 1. The number of carbonyl (C=O) groups is 1. The smallest absolute Gasteiger partial charge is 0.225 e. The SMILES string of the molecule is I.O=C(CCNC1=NCCCN1)N1CCN(c2ncccn2)CC1. The molecule has 1 amide bonds. The Bertz CT molecular complexity index is 546. The highest BCUT2D eigenvalue weighted by Crippen LogP contribution is 2.10. The minimum absolute atomic E-state index is 0. The number of halogens is 1. The van der Waals surface area contributed by atoms with E-state index in [0.29, 0.717) is 13.0 Å². The fraction of sp³-hybridized carbons (Fsp3) is 0.600. The predicted molar refractivity (Wildman–Crippen MR) is 104 cm³/mol. The summed E-state index contributed by atoms with van der Waals surface area (Å²) in [5.41, 5.74) is 0. The van der Waals surface area contributed by atoms with Gasteiger partial charge in [0, 0.05) is 64.6 Å². The summed E-state index contributed by atoms with van der Waals surface area (Å²) in [5, 5.41) is 6.38. The van der Waals surface area contributed by atoms with Crippen LogP contribution in [0.25, 0.3) is 0 Å². The van der Waals surface area contributed by atoms with E-state index in [0.717, 1.165) is 57.6 Å². The second kappa shape index (κ2) is 9.60. The normalized spacial score (nSPS) is 17.4. The Morgan fingerprint density at radius 2 is 1.96 bits per heavy atom. The van der Waals surface area contributed by atoms with Crippen molar-refractivity contribution in [3.05, 3.63) is 18.5 Å². The minimum Gasteiger partial charge on any atom is -0.356 e. The highest BCUT2D eigenvalue weighted by Gasteiger charge is 2.22. The Balaban J connectivity index is 0.00000208. The first kappa shape index (κ1) is 18.7. The van der Waals surface area contributed by atoms with Gasteiger partial charge in [-0.05, 0) is 12.5 Å². The van der Waals surface area contributed by atoms with E-state index in [9.17, 15) is 4.79 Å². The number of aromatic nitrogens is 2. The molecule has 1 aromatic heterocycles. The van der Waals surface area contributed by atoms with Gasteiger partial charge in [0.1, 0.15) is 0 Å². The third kappa shape index (κ3) is 5.18. The van der Waals surface area contributed by atoms with Gasteiger partial charge < -0.3 is 20.4 Å². The number of hydrogen-bond donors (Lipinski definition) is 2. The third-order valence-corrected chi connectivity index (χ3v) is 4.00. The number of piperazine rings is 1. The molecule has 2 aliphatic rings. The molecular weight excluding hydrogens is 421 g/mol. The zero-order valence-electron chi connectivity index (χ0n) is 13.6. The van der Waals surface area contributed by atoms with Crippen LogP contribution in [-0.4, -0.2) is 72.5 Å². The number of anilines is 1. The summed E-state index contributed by atoms with van der Waals surface area (Å²) in [6.45, 7) is 5.41. The van der Waals surface area contributed by atoms with Gasteiger partial charge in [0.05, 0.1) is 0 Å². The number of nitrogens with zero attached hydrogens (tertiary/aromatic N) is 5. The fourth-order valence-electron chi connectivity index (χ4n) is 2.71. The zero-order valence-corrected chi connectivity index (χ0v) is 16.0. The lowest BCUT2D eigenvalue weighted by Gasteiger charge is -2.34. The Kier molecular flexibility index (Phi) is 7.47. The molecule has 1 aromatic rings. The second-order valence-corrected chi connectivity index (χ2v) is 5.60. The summed E-state index contributed by atoms with van der Waals surface area (Å²) >= 11 is 0. The molecule has 0 saturated carbocycles. The van der Waals surface area contributed by atoms with Crippen molar-refractivity contribution < 1.29 is 4.79 Å². The molecule has 0 radical (unpaired) electrons. The largest absolute Gasteiger partial charge is 0.356 e. The lowest BCUT2D eigenvalue weighted by molar-refractivity contribution is -0.131. The molecule has 8 nitrogen and oxygen atoms in total.